The van der Waals surface area contributed by atoms with Crippen molar-refractivity contribution in [1.82, 2.24) is 15.5 Å². The van der Waals surface area contributed by atoms with Gasteiger partial charge >= 0.3 is 0 Å². The first-order chi connectivity index (χ1) is 8.16. The molecule has 5 heteroatoms. The van der Waals surface area contributed by atoms with Crippen molar-refractivity contribution in [1.29, 1.82) is 0 Å². The molecule has 2 heterocycles. The molecule has 1 amide bonds. The molecule has 0 spiro atoms. The second kappa shape index (κ2) is 4.78. The molecule has 0 unspecified atom stereocenters. The van der Waals surface area contributed by atoms with Crippen LogP contribution >= 0.6 is 0 Å². The molecule has 0 aromatic carbocycles. The first-order valence-corrected chi connectivity index (χ1v) is 5.31. The van der Waals surface area contributed by atoms with Crippen molar-refractivity contribution < 1.29 is 9.32 Å². The number of pyridine rings is 1. The standard InChI is InChI=1S/C12H13N3O2/c1-8-6-11(15-17-8)12(16)14-9(2)10-4-3-5-13-7-10/h3-7,9H,1-2H3,(H,14,16)/t9-/m0/s1. The summed E-state index contributed by atoms with van der Waals surface area (Å²) in [5.41, 5.74) is 1.24. The van der Waals surface area contributed by atoms with Gasteiger partial charge in [-0.05, 0) is 25.5 Å². The molecule has 2 aromatic heterocycles. The van der Waals surface area contributed by atoms with Crippen LogP contribution < -0.4 is 5.32 Å². The van der Waals surface area contributed by atoms with Crippen molar-refractivity contribution in [2.45, 2.75) is 19.9 Å². The highest BCUT2D eigenvalue weighted by Gasteiger charge is 2.14. The molecule has 88 valence electrons. The Morgan fingerprint density at radius 2 is 2.35 bits per heavy atom. The molecule has 0 aliphatic rings. The van der Waals surface area contributed by atoms with E-state index in [9.17, 15) is 4.79 Å². The monoisotopic (exact) mass is 231 g/mol. The highest BCUT2D eigenvalue weighted by atomic mass is 16.5. The predicted octanol–water partition coefficient (Wildman–Crippen LogP) is 1.87. The number of hydrogen-bond donors (Lipinski definition) is 1. The zero-order chi connectivity index (χ0) is 12.3. The summed E-state index contributed by atoms with van der Waals surface area (Å²) < 4.78 is 4.85. The summed E-state index contributed by atoms with van der Waals surface area (Å²) >= 11 is 0. The summed E-state index contributed by atoms with van der Waals surface area (Å²) in [5.74, 6) is 0.363. The second-order valence-electron chi connectivity index (χ2n) is 3.80. The molecule has 0 fully saturated rings. The molecule has 0 saturated heterocycles. The Kier molecular flexibility index (Phi) is 3.18. The van der Waals surface area contributed by atoms with Gasteiger partial charge in [0.25, 0.3) is 5.91 Å². The molecule has 0 saturated carbocycles. The van der Waals surface area contributed by atoms with Crippen molar-refractivity contribution in [2.24, 2.45) is 0 Å². The predicted molar refractivity (Wildman–Crippen MR) is 61.4 cm³/mol. The van der Waals surface area contributed by atoms with Gasteiger partial charge in [0, 0.05) is 18.5 Å². The third kappa shape index (κ3) is 2.69. The Balaban J connectivity index is 2.04. The highest BCUT2D eigenvalue weighted by molar-refractivity contribution is 5.92. The van der Waals surface area contributed by atoms with Gasteiger partial charge in [-0.15, -0.1) is 0 Å². The maximum Gasteiger partial charge on any atom is 0.273 e. The minimum atomic E-state index is -0.252. The maximum absolute atomic E-state index is 11.8. The number of rotatable bonds is 3. The lowest BCUT2D eigenvalue weighted by Gasteiger charge is -2.12. The van der Waals surface area contributed by atoms with Gasteiger partial charge in [-0.2, -0.15) is 0 Å². The maximum atomic E-state index is 11.8. The van der Waals surface area contributed by atoms with Crippen LogP contribution in [-0.2, 0) is 0 Å². The van der Waals surface area contributed by atoms with E-state index in [1.54, 1.807) is 25.4 Å². The third-order valence-electron chi connectivity index (χ3n) is 2.39. The number of aryl methyl sites for hydroxylation is 1. The summed E-state index contributed by atoms with van der Waals surface area (Å²) in [6, 6.07) is 5.23. The van der Waals surface area contributed by atoms with E-state index in [4.69, 9.17) is 4.52 Å². The summed E-state index contributed by atoms with van der Waals surface area (Å²) in [4.78, 5) is 15.8. The molecule has 1 N–H and O–H groups in total. The van der Waals surface area contributed by atoms with Gasteiger partial charge in [0.1, 0.15) is 5.76 Å². The Morgan fingerprint density at radius 3 is 2.94 bits per heavy atom. The van der Waals surface area contributed by atoms with E-state index < -0.39 is 0 Å². The fraction of sp³-hybridized carbons (Fsp3) is 0.250. The number of hydrogen-bond acceptors (Lipinski definition) is 4. The number of carbonyl (C=O) groups excluding carboxylic acids is 1. The molecule has 0 bridgehead atoms. The van der Waals surface area contributed by atoms with E-state index in [-0.39, 0.29) is 11.9 Å². The van der Waals surface area contributed by atoms with E-state index in [1.807, 2.05) is 19.1 Å². The summed E-state index contributed by atoms with van der Waals surface area (Å²) in [6.07, 6.45) is 3.41. The van der Waals surface area contributed by atoms with Gasteiger partial charge in [0.2, 0.25) is 0 Å². The number of nitrogens with one attached hydrogen (secondary N) is 1. The van der Waals surface area contributed by atoms with Gasteiger partial charge in [-0.1, -0.05) is 11.2 Å². The van der Waals surface area contributed by atoms with E-state index in [1.165, 1.54) is 0 Å². The second-order valence-corrected chi connectivity index (χ2v) is 3.80. The summed E-state index contributed by atoms with van der Waals surface area (Å²) in [7, 11) is 0. The Morgan fingerprint density at radius 1 is 1.53 bits per heavy atom. The fourth-order valence-corrected chi connectivity index (χ4v) is 1.46. The number of nitrogens with zero attached hydrogens (tertiary/aromatic N) is 2. The van der Waals surface area contributed by atoms with Gasteiger partial charge in [-0.3, -0.25) is 9.78 Å². The van der Waals surface area contributed by atoms with Crippen LogP contribution in [0.25, 0.3) is 0 Å². The van der Waals surface area contributed by atoms with Gasteiger partial charge in [0.15, 0.2) is 5.69 Å². The van der Waals surface area contributed by atoms with Crippen LogP contribution in [0.4, 0.5) is 0 Å². The first kappa shape index (κ1) is 11.3. The minimum absolute atomic E-state index is 0.117. The first-order valence-electron chi connectivity index (χ1n) is 5.31. The van der Waals surface area contributed by atoms with Crippen molar-refractivity contribution in [2.75, 3.05) is 0 Å². The highest BCUT2D eigenvalue weighted by Crippen LogP contribution is 2.11. The lowest BCUT2D eigenvalue weighted by molar-refractivity contribution is 0.0930. The van der Waals surface area contributed by atoms with E-state index in [2.05, 4.69) is 15.5 Å². The molecule has 5 nitrogen and oxygen atoms in total. The largest absolute Gasteiger partial charge is 0.361 e. The Hall–Kier alpha value is -2.17. The number of carbonyl (C=O) groups is 1. The van der Waals surface area contributed by atoms with E-state index >= 15 is 0 Å². The normalized spacial score (nSPS) is 12.1. The number of aromatic nitrogens is 2. The van der Waals surface area contributed by atoms with Crippen molar-refractivity contribution in [3.8, 4) is 0 Å². The lowest BCUT2D eigenvalue weighted by Crippen LogP contribution is -2.26. The Labute approximate surface area is 98.8 Å². The molecule has 1 atom stereocenters. The summed E-state index contributed by atoms with van der Waals surface area (Å²) in [6.45, 7) is 3.64. The zero-order valence-corrected chi connectivity index (χ0v) is 9.68. The van der Waals surface area contributed by atoms with Crippen LogP contribution in [0.3, 0.4) is 0 Å². The Bertz CT molecular complexity index is 507. The average Bonchev–Trinajstić information content (AvgIpc) is 2.77. The van der Waals surface area contributed by atoms with Crippen molar-refractivity contribution in [3.63, 3.8) is 0 Å². The SMILES string of the molecule is Cc1cc(C(=O)N[C@@H](C)c2cccnc2)no1. The van der Waals surface area contributed by atoms with Crippen LogP contribution in [0.15, 0.2) is 35.1 Å². The van der Waals surface area contributed by atoms with Gasteiger partial charge in [0.05, 0.1) is 6.04 Å². The quantitative estimate of drug-likeness (QED) is 0.875. The topological polar surface area (TPSA) is 68.0 Å². The van der Waals surface area contributed by atoms with Crippen LogP contribution in [0, 0.1) is 6.92 Å². The van der Waals surface area contributed by atoms with Crippen LogP contribution in [0.2, 0.25) is 0 Å². The smallest absolute Gasteiger partial charge is 0.273 e. The van der Waals surface area contributed by atoms with Crippen molar-refractivity contribution >= 4 is 5.91 Å². The third-order valence-corrected chi connectivity index (χ3v) is 2.39. The molecular weight excluding hydrogens is 218 g/mol. The molecule has 0 aliphatic carbocycles. The average molecular weight is 231 g/mol. The molecule has 0 radical (unpaired) electrons. The van der Waals surface area contributed by atoms with Crippen LogP contribution in [0.5, 0.6) is 0 Å². The molecular formula is C12H13N3O2. The van der Waals surface area contributed by atoms with E-state index in [0.717, 1.165) is 5.56 Å². The number of amides is 1. The van der Waals surface area contributed by atoms with E-state index in [0.29, 0.717) is 11.5 Å². The lowest BCUT2D eigenvalue weighted by atomic mass is 10.1. The molecule has 17 heavy (non-hydrogen) atoms. The van der Waals surface area contributed by atoms with Crippen LogP contribution in [0.1, 0.15) is 34.8 Å². The van der Waals surface area contributed by atoms with Crippen molar-refractivity contribution in [3.05, 3.63) is 47.6 Å². The van der Waals surface area contributed by atoms with Gasteiger partial charge < -0.3 is 9.84 Å². The summed E-state index contributed by atoms with van der Waals surface area (Å²) in [5, 5.41) is 6.48. The molecule has 2 rings (SSSR count). The minimum Gasteiger partial charge on any atom is -0.361 e. The van der Waals surface area contributed by atoms with Gasteiger partial charge in [-0.25, -0.2) is 0 Å². The van der Waals surface area contributed by atoms with Crippen LogP contribution in [-0.4, -0.2) is 16.0 Å². The fourth-order valence-electron chi connectivity index (χ4n) is 1.46. The molecule has 2 aromatic rings. The zero-order valence-electron chi connectivity index (χ0n) is 9.68. The molecule has 0 aliphatic heterocycles.